The number of aromatic nitrogens is 1. The SMILES string of the molecule is CCn1cccc1CNC1CCC(=O)NC1. The molecule has 1 unspecified atom stereocenters. The summed E-state index contributed by atoms with van der Waals surface area (Å²) in [6.07, 6.45) is 3.69. The maximum Gasteiger partial charge on any atom is 0.220 e. The summed E-state index contributed by atoms with van der Waals surface area (Å²) in [6.45, 7) is 4.78. The predicted octanol–water partition coefficient (Wildman–Crippen LogP) is 0.876. The first kappa shape index (κ1) is 11.2. The zero-order valence-electron chi connectivity index (χ0n) is 9.70. The maximum absolute atomic E-state index is 11.0. The van der Waals surface area contributed by atoms with Crippen LogP contribution in [0.15, 0.2) is 18.3 Å². The Morgan fingerprint density at radius 1 is 1.62 bits per heavy atom. The van der Waals surface area contributed by atoms with Crippen molar-refractivity contribution in [3.8, 4) is 0 Å². The predicted molar refractivity (Wildman–Crippen MR) is 63.0 cm³/mol. The van der Waals surface area contributed by atoms with Gasteiger partial charge in [0.2, 0.25) is 5.91 Å². The lowest BCUT2D eigenvalue weighted by Gasteiger charge is -2.23. The van der Waals surface area contributed by atoms with E-state index in [9.17, 15) is 4.79 Å². The summed E-state index contributed by atoms with van der Waals surface area (Å²) in [5.41, 5.74) is 1.31. The molecule has 4 heteroatoms. The third kappa shape index (κ3) is 2.64. The van der Waals surface area contributed by atoms with Crippen LogP contribution in [-0.4, -0.2) is 23.1 Å². The molecule has 1 aromatic rings. The van der Waals surface area contributed by atoms with Gasteiger partial charge in [-0.1, -0.05) is 0 Å². The van der Waals surface area contributed by atoms with Gasteiger partial charge in [-0.3, -0.25) is 4.79 Å². The van der Waals surface area contributed by atoms with E-state index in [1.54, 1.807) is 0 Å². The molecule has 1 aliphatic heterocycles. The Bertz CT molecular complexity index is 349. The molecule has 2 rings (SSSR count). The minimum atomic E-state index is 0.176. The molecule has 0 radical (unpaired) electrons. The van der Waals surface area contributed by atoms with E-state index in [1.165, 1.54) is 5.69 Å². The Kier molecular flexibility index (Phi) is 3.62. The molecular weight excluding hydrogens is 202 g/mol. The van der Waals surface area contributed by atoms with Gasteiger partial charge in [-0.05, 0) is 25.5 Å². The normalized spacial score (nSPS) is 20.8. The van der Waals surface area contributed by atoms with Crippen molar-refractivity contribution in [1.82, 2.24) is 15.2 Å². The Balaban J connectivity index is 1.81. The van der Waals surface area contributed by atoms with Crippen LogP contribution in [0.3, 0.4) is 0 Å². The number of piperidine rings is 1. The standard InChI is InChI=1S/C12H19N3O/c1-2-15-7-3-4-11(15)9-13-10-5-6-12(16)14-8-10/h3-4,7,10,13H,2,5-6,8-9H2,1H3,(H,14,16). The summed E-state index contributed by atoms with van der Waals surface area (Å²) in [6, 6.07) is 4.62. The molecule has 2 heterocycles. The van der Waals surface area contributed by atoms with Crippen molar-refractivity contribution in [2.24, 2.45) is 0 Å². The molecule has 0 spiro atoms. The van der Waals surface area contributed by atoms with Gasteiger partial charge in [0.05, 0.1) is 0 Å². The molecule has 4 nitrogen and oxygen atoms in total. The number of carbonyl (C=O) groups excluding carboxylic acids is 1. The number of hydrogen-bond acceptors (Lipinski definition) is 2. The van der Waals surface area contributed by atoms with Gasteiger partial charge in [-0.25, -0.2) is 0 Å². The molecule has 1 atom stereocenters. The van der Waals surface area contributed by atoms with Crippen LogP contribution >= 0.6 is 0 Å². The van der Waals surface area contributed by atoms with Gasteiger partial charge in [-0.15, -0.1) is 0 Å². The molecule has 0 aliphatic carbocycles. The van der Waals surface area contributed by atoms with Crippen LogP contribution in [0.2, 0.25) is 0 Å². The quantitative estimate of drug-likeness (QED) is 0.792. The summed E-state index contributed by atoms with van der Waals surface area (Å²) < 4.78 is 2.23. The zero-order chi connectivity index (χ0) is 11.4. The maximum atomic E-state index is 11.0. The highest BCUT2D eigenvalue weighted by atomic mass is 16.1. The van der Waals surface area contributed by atoms with E-state index in [-0.39, 0.29) is 5.91 Å². The summed E-state index contributed by atoms with van der Waals surface area (Å²) in [7, 11) is 0. The van der Waals surface area contributed by atoms with Crippen LogP contribution < -0.4 is 10.6 Å². The lowest BCUT2D eigenvalue weighted by atomic mass is 10.1. The summed E-state index contributed by atoms with van der Waals surface area (Å²) in [5.74, 6) is 0.176. The Morgan fingerprint density at radius 3 is 3.19 bits per heavy atom. The summed E-state index contributed by atoms with van der Waals surface area (Å²) in [5, 5.41) is 6.37. The van der Waals surface area contributed by atoms with E-state index in [0.29, 0.717) is 12.5 Å². The number of aryl methyl sites for hydroxylation is 1. The highest BCUT2D eigenvalue weighted by molar-refractivity contribution is 5.76. The van der Waals surface area contributed by atoms with Gasteiger partial charge in [-0.2, -0.15) is 0 Å². The second kappa shape index (κ2) is 5.16. The average molecular weight is 221 g/mol. The number of nitrogens with one attached hydrogen (secondary N) is 2. The molecule has 0 aromatic carbocycles. The van der Waals surface area contributed by atoms with E-state index in [2.05, 4.69) is 40.5 Å². The second-order valence-corrected chi connectivity index (χ2v) is 4.21. The van der Waals surface area contributed by atoms with Gasteiger partial charge in [0.15, 0.2) is 0 Å². The highest BCUT2D eigenvalue weighted by Crippen LogP contribution is 2.06. The van der Waals surface area contributed by atoms with Crippen molar-refractivity contribution >= 4 is 5.91 Å². The number of hydrogen-bond donors (Lipinski definition) is 2. The fraction of sp³-hybridized carbons (Fsp3) is 0.583. The van der Waals surface area contributed by atoms with Crippen molar-refractivity contribution in [2.75, 3.05) is 6.54 Å². The molecule has 1 fully saturated rings. The first-order valence-electron chi connectivity index (χ1n) is 5.93. The minimum Gasteiger partial charge on any atom is -0.355 e. The van der Waals surface area contributed by atoms with E-state index >= 15 is 0 Å². The van der Waals surface area contributed by atoms with Gasteiger partial charge < -0.3 is 15.2 Å². The van der Waals surface area contributed by atoms with Crippen LogP contribution in [-0.2, 0) is 17.9 Å². The van der Waals surface area contributed by atoms with Crippen molar-refractivity contribution in [1.29, 1.82) is 0 Å². The number of rotatable bonds is 4. The summed E-state index contributed by atoms with van der Waals surface area (Å²) >= 11 is 0. The largest absolute Gasteiger partial charge is 0.355 e. The molecule has 16 heavy (non-hydrogen) atoms. The van der Waals surface area contributed by atoms with Crippen LogP contribution in [0, 0.1) is 0 Å². The molecule has 1 aliphatic rings. The van der Waals surface area contributed by atoms with Gasteiger partial charge in [0.1, 0.15) is 0 Å². The lowest BCUT2D eigenvalue weighted by Crippen LogP contribution is -2.45. The van der Waals surface area contributed by atoms with Crippen molar-refractivity contribution in [3.63, 3.8) is 0 Å². The first-order chi connectivity index (χ1) is 7.79. The molecule has 0 bridgehead atoms. The van der Waals surface area contributed by atoms with Gasteiger partial charge in [0, 0.05) is 44.0 Å². The Labute approximate surface area is 96.0 Å². The zero-order valence-corrected chi connectivity index (χ0v) is 9.70. The van der Waals surface area contributed by atoms with Crippen LogP contribution in [0.1, 0.15) is 25.5 Å². The number of nitrogens with zero attached hydrogens (tertiary/aromatic N) is 1. The third-order valence-electron chi connectivity index (χ3n) is 3.10. The first-order valence-corrected chi connectivity index (χ1v) is 5.93. The monoisotopic (exact) mass is 221 g/mol. The number of carbonyl (C=O) groups is 1. The highest BCUT2D eigenvalue weighted by Gasteiger charge is 2.17. The van der Waals surface area contributed by atoms with Gasteiger partial charge >= 0.3 is 0 Å². The fourth-order valence-electron chi connectivity index (χ4n) is 2.07. The minimum absolute atomic E-state index is 0.176. The van der Waals surface area contributed by atoms with E-state index in [1.807, 2.05) is 0 Å². The van der Waals surface area contributed by atoms with Crippen LogP contribution in [0.5, 0.6) is 0 Å². The van der Waals surface area contributed by atoms with E-state index in [0.717, 1.165) is 26.1 Å². The molecule has 88 valence electrons. The Morgan fingerprint density at radius 2 is 2.50 bits per heavy atom. The lowest BCUT2D eigenvalue weighted by molar-refractivity contribution is -0.122. The molecule has 1 amide bonds. The van der Waals surface area contributed by atoms with E-state index < -0.39 is 0 Å². The topological polar surface area (TPSA) is 46.1 Å². The number of amides is 1. The van der Waals surface area contributed by atoms with Crippen molar-refractivity contribution in [3.05, 3.63) is 24.0 Å². The second-order valence-electron chi connectivity index (χ2n) is 4.21. The Hall–Kier alpha value is -1.29. The van der Waals surface area contributed by atoms with Crippen LogP contribution in [0.4, 0.5) is 0 Å². The van der Waals surface area contributed by atoms with E-state index in [4.69, 9.17) is 0 Å². The third-order valence-corrected chi connectivity index (χ3v) is 3.10. The van der Waals surface area contributed by atoms with Gasteiger partial charge in [0.25, 0.3) is 0 Å². The molecule has 1 saturated heterocycles. The molecule has 1 aromatic heterocycles. The molecule has 0 saturated carbocycles. The smallest absolute Gasteiger partial charge is 0.220 e. The van der Waals surface area contributed by atoms with Crippen LogP contribution in [0.25, 0.3) is 0 Å². The van der Waals surface area contributed by atoms with Crippen molar-refractivity contribution < 1.29 is 4.79 Å². The molecule has 2 N–H and O–H groups in total. The molecular formula is C12H19N3O. The van der Waals surface area contributed by atoms with Crippen molar-refractivity contribution in [2.45, 2.75) is 38.9 Å². The summed E-state index contributed by atoms with van der Waals surface area (Å²) in [4.78, 5) is 11.0. The average Bonchev–Trinajstić information content (AvgIpc) is 2.76. The fourth-order valence-corrected chi connectivity index (χ4v) is 2.07.